The third-order valence-corrected chi connectivity index (χ3v) is 3.13. The van der Waals surface area contributed by atoms with Gasteiger partial charge in [-0.05, 0) is 18.6 Å². The predicted octanol–water partition coefficient (Wildman–Crippen LogP) is 4.35. The highest BCUT2D eigenvalue weighted by Gasteiger charge is 2.13. The van der Waals surface area contributed by atoms with Gasteiger partial charge in [-0.3, -0.25) is 0 Å². The first-order valence-electron chi connectivity index (χ1n) is 7.19. The molecule has 0 unspecified atom stereocenters. The summed E-state index contributed by atoms with van der Waals surface area (Å²) in [5.41, 5.74) is -0.0446. The highest BCUT2D eigenvalue weighted by atomic mass is 19.1. The van der Waals surface area contributed by atoms with Gasteiger partial charge in [-0.25, -0.2) is 9.18 Å². The van der Waals surface area contributed by atoms with Gasteiger partial charge in [0.25, 0.3) is 0 Å². The summed E-state index contributed by atoms with van der Waals surface area (Å²) >= 11 is 0. The van der Waals surface area contributed by atoms with Crippen molar-refractivity contribution in [2.75, 3.05) is 13.7 Å². The lowest BCUT2D eigenvalue weighted by Gasteiger charge is -2.07. The van der Waals surface area contributed by atoms with Crippen LogP contribution in [0, 0.1) is 5.82 Å². The molecule has 4 heteroatoms. The molecule has 1 aromatic carbocycles. The summed E-state index contributed by atoms with van der Waals surface area (Å²) in [5, 5.41) is 0. The number of halogens is 1. The molecule has 0 aliphatic heterocycles. The first-order chi connectivity index (χ1) is 9.69. The molecule has 0 saturated carbocycles. The van der Waals surface area contributed by atoms with E-state index in [1.165, 1.54) is 38.5 Å². The van der Waals surface area contributed by atoms with Crippen molar-refractivity contribution in [2.24, 2.45) is 0 Å². The molecule has 1 rings (SSSR count). The summed E-state index contributed by atoms with van der Waals surface area (Å²) in [6, 6.07) is 4.11. The van der Waals surface area contributed by atoms with Crippen molar-refractivity contribution in [3.8, 4) is 5.75 Å². The molecule has 0 saturated heterocycles. The van der Waals surface area contributed by atoms with Gasteiger partial charge in [0.15, 0.2) is 0 Å². The van der Waals surface area contributed by atoms with Crippen molar-refractivity contribution in [1.29, 1.82) is 0 Å². The quantitative estimate of drug-likeness (QED) is 0.499. The summed E-state index contributed by atoms with van der Waals surface area (Å²) in [5.74, 6) is -0.842. The lowest BCUT2D eigenvalue weighted by Crippen LogP contribution is -2.08. The minimum absolute atomic E-state index is 0.0446. The minimum atomic E-state index is -0.614. The molecule has 0 atom stereocenters. The largest absolute Gasteiger partial charge is 0.497 e. The summed E-state index contributed by atoms with van der Waals surface area (Å²) in [6.45, 7) is 2.52. The molecule has 1 aromatic rings. The van der Waals surface area contributed by atoms with E-state index in [2.05, 4.69) is 6.92 Å². The Kier molecular flexibility index (Phi) is 7.70. The number of carbonyl (C=O) groups excluding carboxylic acids is 1. The zero-order valence-electron chi connectivity index (χ0n) is 12.3. The van der Waals surface area contributed by atoms with Crippen molar-refractivity contribution in [3.63, 3.8) is 0 Å². The van der Waals surface area contributed by atoms with Crippen molar-refractivity contribution in [2.45, 2.75) is 45.4 Å². The standard InChI is InChI=1S/C16H23FO3/c1-3-4-5-6-7-8-11-20-16(18)14-10-9-13(19-2)12-15(14)17/h9-10,12H,3-8,11H2,1-2H3. The second-order valence-electron chi connectivity index (χ2n) is 4.75. The van der Waals surface area contributed by atoms with E-state index in [1.54, 1.807) is 6.07 Å². The molecule has 0 aliphatic carbocycles. The third-order valence-electron chi connectivity index (χ3n) is 3.13. The maximum Gasteiger partial charge on any atom is 0.341 e. The number of unbranched alkanes of at least 4 members (excludes halogenated alkanes) is 5. The zero-order chi connectivity index (χ0) is 14.8. The normalized spacial score (nSPS) is 10.3. The van der Waals surface area contributed by atoms with Gasteiger partial charge in [-0.15, -0.1) is 0 Å². The number of hydrogen-bond donors (Lipinski definition) is 0. The number of methoxy groups -OCH3 is 1. The maximum atomic E-state index is 13.6. The Hall–Kier alpha value is -1.58. The molecule has 0 aliphatic rings. The van der Waals surface area contributed by atoms with Crippen molar-refractivity contribution in [1.82, 2.24) is 0 Å². The van der Waals surface area contributed by atoms with Crippen molar-refractivity contribution in [3.05, 3.63) is 29.6 Å². The molecule has 0 spiro atoms. The molecule has 20 heavy (non-hydrogen) atoms. The third kappa shape index (κ3) is 5.59. The molecular weight excluding hydrogens is 259 g/mol. The van der Waals surface area contributed by atoms with Gasteiger partial charge in [-0.2, -0.15) is 0 Å². The molecule has 112 valence electrons. The Bertz CT molecular complexity index is 418. The minimum Gasteiger partial charge on any atom is -0.497 e. The van der Waals surface area contributed by atoms with Gasteiger partial charge in [0.1, 0.15) is 11.6 Å². The van der Waals surface area contributed by atoms with Crippen LogP contribution in [0.4, 0.5) is 4.39 Å². The Morgan fingerprint density at radius 1 is 1.15 bits per heavy atom. The lowest BCUT2D eigenvalue weighted by atomic mass is 10.1. The van der Waals surface area contributed by atoms with Crippen LogP contribution in [0.1, 0.15) is 55.8 Å². The van der Waals surface area contributed by atoms with E-state index < -0.39 is 11.8 Å². The van der Waals surface area contributed by atoms with Crippen LogP contribution in [-0.4, -0.2) is 19.7 Å². The van der Waals surface area contributed by atoms with Crippen LogP contribution in [0.5, 0.6) is 5.75 Å². The van der Waals surface area contributed by atoms with Crippen LogP contribution in [-0.2, 0) is 4.74 Å². The Morgan fingerprint density at radius 3 is 2.50 bits per heavy atom. The first-order valence-corrected chi connectivity index (χ1v) is 7.19. The van der Waals surface area contributed by atoms with Crippen LogP contribution in [0.25, 0.3) is 0 Å². The number of rotatable bonds is 9. The summed E-state index contributed by atoms with van der Waals surface area (Å²) in [6.07, 6.45) is 6.70. The average molecular weight is 282 g/mol. The van der Waals surface area contributed by atoms with Crippen LogP contribution in [0.2, 0.25) is 0 Å². The molecule has 0 fully saturated rings. The Balaban J connectivity index is 2.29. The molecular formula is C16H23FO3. The van der Waals surface area contributed by atoms with E-state index in [9.17, 15) is 9.18 Å². The average Bonchev–Trinajstić information content (AvgIpc) is 2.45. The number of benzene rings is 1. The van der Waals surface area contributed by atoms with Crippen molar-refractivity contribution < 1.29 is 18.7 Å². The second-order valence-corrected chi connectivity index (χ2v) is 4.75. The summed E-state index contributed by atoms with van der Waals surface area (Å²) in [7, 11) is 1.45. The van der Waals surface area contributed by atoms with Gasteiger partial charge in [0.2, 0.25) is 0 Å². The van der Waals surface area contributed by atoms with E-state index in [4.69, 9.17) is 9.47 Å². The molecule has 0 amide bonds. The van der Waals surface area contributed by atoms with Crippen LogP contribution < -0.4 is 4.74 Å². The van der Waals surface area contributed by atoms with Crippen molar-refractivity contribution >= 4 is 5.97 Å². The van der Waals surface area contributed by atoms with Crippen LogP contribution in [0.3, 0.4) is 0 Å². The summed E-state index contributed by atoms with van der Waals surface area (Å²) in [4.78, 5) is 11.7. The molecule has 3 nitrogen and oxygen atoms in total. The fraction of sp³-hybridized carbons (Fsp3) is 0.562. The molecule has 0 radical (unpaired) electrons. The monoisotopic (exact) mass is 282 g/mol. The van der Waals surface area contributed by atoms with Crippen LogP contribution in [0.15, 0.2) is 18.2 Å². The Labute approximate surface area is 120 Å². The molecule has 0 N–H and O–H groups in total. The maximum absolute atomic E-state index is 13.6. The fourth-order valence-corrected chi connectivity index (χ4v) is 1.91. The van der Waals surface area contributed by atoms with E-state index in [0.717, 1.165) is 19.3 Å². The van der Waals surface area contributed by atoms with Gasteiger partial charge in [0, 0.05) is 6.07 Å². The highest BCUT2D eigenvalue weighted by Crippen LogP contribution is 2.17. The van der Waals surface area contributed by atoms with E-state index in [-0.39, 0.29) is 5.56 Å². The highest BCUT2D eigenvalue weighted by molar-refractivity contribution is 5.89. The number of esters is 1. The molecule has 0 heterocycles. The smallest absolute Gasteiger partial charge is 0.341 e. The number of ether oxygens (including phenoxy) is 2. The van der Waals surface area contributed by atoms with Gasteiger partial charge >= 0.3 is 5.97 Å². The zero-order valence-corrected chi connectivity index (χ0v) is 12.3. The van der Waals surface area contributed by atoms with E-state index >= 15 is 0 Å². The van der Waals surface area contributed by atoms with Crippen LogP contribution >= 0.6 is 0 Å². The SMILES string of the molecule is CCCCCCCCOC(=O)c1ccc(OC)cc1F. The molecule has 0 aromatic heterocycles. The van der Waals surface area contributed by atoms with Gasteiger partial charge in [-0.1, -0.05) is 39.0 Å². The number of hydrogen-bond acceptors (Lipinski definition) is 3. The molecule has 0 bridgehead atoms. The lowest BCUT2D eigenvalue weighted by molar-refractivity contribution is 0.0492. The number of carbonyl (C=O) groups is 1. The predicted molar refractivity (Wildman–Crippen MR) is 76.6 cm³/mol. The van der Waals surface area contributed by atoms with E-state index in [0.29, 0.717) is 12.4 Å². The first kappa shape index (κ1) is 16.5. The fourth-order valence-electron chi connectivity index (χ4n) is 1.91. The van der Waals surface area contributed by atoms with Gasteiger partial charge in [0.05, 0.1) is 19.3 Å². The van der Waals surface area contributed by atoms with Gasteiger partial charge < -0.3 is 9.47 Å². The topological polar surface area (TPSA) is 35.5 Å². The Morgan fingerprint density at radius 2 is 1.85 bits per heavy atom. The summed E-state index contributed by atoms with van der Waals surface area (Å²) < 4.78 is 23.6. The van der Waals surface area contributed by atoms with E-state index in [1.807, 2.05) is 0 Å². The second kappa shape index (κ2) is 9.34.